The second kappa shape index (κ2) is 8.19. The molecule has 3 aromatic rings. The van der Waals surface area contributed by atoms with Crippen molar-refractivity contribution in [1.29, 1.82) is 0 Å². The first-order chi connectivity index (χ1) is 12.3. The average Bonchev–Trinajstić information content (AvgIpc) is 2.98. The SMILES string of the molecule is CN=C(NCCOc1ccccc1)NCc1nc2ccccc2n1C. The van der Waals surface area contributed by atoms with Gasteiger partial charge in [-0.05, 0) is 24.3 Å². The van der Waals surface area contributed by atoms with Crippen LogP contribution in [0.3, 0.4) is 0 Å². The molecule has 0 saturated heterocycles. The van der Waals surface area contributed by atoms with E-state index in [1.165, 1.54) is 0 Å². The molecule has 0 unspecified atom stereocenters. The third-order valence-corrected chi connectivity index (χ3v) is 3.92. The number of benzene rings is 2. The van der Waals surface area contributed by atoms with Crippen LogP contribution in [0.5, 0.6) is 5.75 Å². The summed E-state index contributed by atoms with van der Waals surface area (Å²) >= 11 is 0. The highest BCUT2D eigenvalue weighted by Gasteiger charge is 2.07. The zero-order valence-corrected chi connectivity index (χ0v) is 14.6. The molecule has 0 aliphatic heterocycles. The molecule has 0 spiro atoms. The van der Waals surface area contributed by atoms with Crippen LogP contribution in [0.15, 0.2) is 59.6 Å². The highest BCUT2D eigenvalue weighted by Crippen LogP contribution is 2.13. The molecule has 0 amide bonds. The Balaban J connectivity index is 1.48. The molecule has 0 bridgehead atoms. The van der Waals surface area contributed by atoms with Crippen molar-refractivity contribution in [3.05, 3.63) is 60.4 Å². The Bertz CT molecular complexity index is 841. The van der Waals surface area contributed by atoms with Gasteiger partial charge < -0.3 is 19.9 Å². The number of fused-ring (bicyclic) bond motifs is 1. The number of nitrogens with zero attached hydrogens (tertiary/aromatic N) is 3. The Morgan fingerprint density at radius 1 is 1.08 bits per heavy atom. The van der Waals surface area contributed by atoms with Crippen molar-refractivity contribution in [2.45, 2.75) is 6.54 Å². The molecule has 6 heteroatoms. The first-order valence-electron chi connectivity index (χ1n) is 8.30. The molecule has 0 saturated carbocycles. The van der Waals surface area contributed by atoms with Crippen LogP contribution in [0.4, 0.5) is 0 Å². The Kier molecular flexibility index (Phi) is 5.51. The molecule has 0 aliphatic carbocycles. The number of nitrogens with one attached hydrogen (secondary N) is 2. The lowest BCUT2D eigenvalue weighted by atomic mass is 10.3. The predicted molar refractivity (Wildman–Crippen MR) is 101 cm³/mol. The molecule has 1 aromatic heterocycles. The van der Waals surface area contributed by atoms with E-state index in [2.05, 4.69) is 31.2 Å². The number of aryl methyl sites for hydroxylation is 1. The zero-order valence-electron chi connectivity index (χ0n) is 14.6. The standard InChI is InChI=1S/C19H23N5O/c1-20-19(21-12-13-25-15-8-4-3-5-9-15)22-14-18-23-16-10-6-7-11-17(16)24(18)2/h3-11H,12-14H2,1-2H3,(H2,20,21,22). The van der Waals surface area contributed by atoms with Gasteiger partial charge in [-0.25, -0.2) is 4.98 Å². The van der Waals surface area contributed by atoms with Crippen molar-refractivity contribution in [3.8, 4) is 5.75 Å². The number of ether oxygens (including phenoxy) is 1. The highest BCUT2D eigenvalue weighted by atomic mass is 16.5. The maximum Gasteiger partial charge on any atom is 0.191 e. The summed E-state index contributed by atoms with van der Waals surface area (Å²) < 4.78 is 7.75. The van der Waals surface area contributed by atoms with E-state index in [-0.39, 0.29) is 0 Å². The summed E-state index contributed by atoms with van der Waals surface area (Å²) in [6, 6.07) is 17.9. The predicted octanol–water partition coefficient (Wildman–Crippen LogP) is 2.32. The maximum absolute atomic E-state index is 5.66. The summed E-state index contributed by atoms with van der Waals surface area (Å²) in [7, 11) is 3.78. The van der Waals surface area contributed by atoms with Crippen LogP contribution in [0.25, 0.3) is 11.0 Å². The van der Waals surface area contributed by atoms with Crippen LogP contribution < -0.4 is 15.4 Å². The van der Waals surface area contributed by atoms with Gasteiger partial charge in [-0.1, -0.05) is 30.3 Å². The maximum atomic E-state index is 5.66. The Labute approximate surface area is 147 Å². The van der Waals surface area contributed by atoms with E-state index in [1.54, 1.807) is 7.05 Å². The lowest BCUT2D eigenvalue weighted by Gasteiger charge is -2.12. The Hall–Kier alpha value is -3.02. The summed E-state index contributed by atoms with van der Waals surface area (Å²) in [5.74, 6) is 2.56. The van der Waals surface area contributed by atoms with Gasteiger partial charge in [0, 0.05) is 14.1 Å². The van der Waals surface area contributed by atoms with Crippen LogP contribution in [0, 0.1) is 0 Å². The van der Waals surface area contributed by atoms with E-state index in [4.69, 9.17) is 4.74 Å². The summed E-state index contributed by atoms with van der Waals surface area (Å²) in [5, 5.41) is 6.53. The zero-order chi connectivity index (χ0) is 17.5. The quantitative estimate of drug-likeness (QED) is 0.412. The third kappa shape index (κ3) is 4.29. The number of imidazole rings is 1. The van der Waals surface area contributed by atoms with Crippen LogP contribution in [0.1, 0.15) is 5.82 Å². The monoisotopic (exact) mass is 337 g/mol. The molecular formula is C19H23N5O. The highest BCUT2D eigenvalue weighted by molar-refractivity contribution is 5.80. The van der Waals surface area contributed by atoms with Gasteiger partial charge in [0.2, 0.25) is 0 Å². The molecule has 0 fully saturated rings. The molecule has 2 aromatic carbocycles. The summed E-state index contributed by atoms with van der Waals surface area (Å²) in [5.41, 5.74) is 2.12. The van der Waals surface area contributed by atoms with E-state index in [9.17, 15) is 0 Å². The number of para-hydroxylation sites is 3. The van der Waals surface area contributed by atoms with Crippen molar-refractivity contribution in [2.24, 2.45) is 12.0 Å². The van der Waals surface area contributed by atoms with Crippen LogP contribution in [-0.4, -0.2) is 35.7 Å². The lowest BCUT2D eigenvalue weighted by Crippen LogP contribution is -2.39. The summed E-state index contributed by atoms with van der Waals surface area (Å²) in [4.78, 5) is 8.88. The average molecular weight is 337 g/mol. The van der Waals surface area contributed by atoms with E-state index in [0.717, 1.165) is 28.6 Å². The second-order valence-corrected chi connectivity index (χ2v) is 5.59. The first kappa shape index (κ1) is 16.8. The molecule has 6 nitrogen and oxygen atoms in total. The fraction of sp³-hybridized carbons (Fsp3) is 0.263. The van der Waals surface area contributed by atoms with Crippen molar-refractivity contribution in [1.82, 2.24) is 20.2 Å². The number of aromatic nitrogens is 2. The number of hydrogen-bond acceptors (Lipinski definition) is 3. The minimum absolute atomic E-state index is 0.566. The van der Waals surface area contributed by atoms with Crippen molar-refractivity contribution in [3.63, 3.8) is 0 Å². The van der Waals surface area contributed by atoms with E-state index in [1.807, 2.05) is 55.6 Å². The van der Waals surface area contributed by atoms with Crippen LogP contribution in [-0.2, 0) is 13.6 Å². The van der Waals surface area contributed by atoms with Crippen molar-refractivity contribution in [2.75, 3.05) is 20.2 Å². The molecule has 0 atom stereocenters. The van der Waals surface area contributed by atoms with E-state index < -0.39 is 0 Å². The molecule has 130 valence electrons. The smallest absolute Gasteiger partial charge is 0.191 e. The Morgan fingerprint density at radius 2 is 1.84 bits per heavy atom. The molecule has 25 heavy (non-hydrogen) atoms. The topological polar surface area (TPSA) is 63.5 Å². The van der Waals surface area contributed by atoms with Gasteiger partial charge in [-0.15, -0.1) is 0 Å². The van der Waals surface area contributed by atoms with Gasteiger partial charge in [-0.3, -0.25) is 4.99 Å². The van der Waals surface area contributed by atoms with Gasteiger partial charge >= 0.3 is 0 Å². The first-order valence-corrected chi connectivity index (χ1v) is 8.30. The van der Waals surface area contributed by atoms with Gasteiger partial charge in [0.05, 0.1) is 24.1 Å². The van der Waals surface area contributed by atoms with Crippen molar-refractivity contribution < 1.29 is 4.74 Å². The molecular weight excluding hydrogens is 314 g/mol. The molecule has 3 rings (SSSR count). The van der Waals surface area contributed by atoms with Gasteiger partial charge in [0.1, 0.15) is 18.2 Å². The van der Waals surface area contributed by atoms with E-state index >= 15 is 0 Å². The normalized spacial score (nSPS) is 11.5. The third-order valence-electron chi connectivity index (χ3n) is 3.92. The lowest BCUT2D eigenvalue weighted by molar-refractivity contribution is 0.322. The summed E-state index contributed by atoms with van der Waals surface area (Å²) in [6.07, 6.45) is 0. The van der Waals surface area contributed by atoms with Gasteiger partial charge in [0.15, 0.2) is 5.96 Å². The molecule has 2 N–H and O–H groups in total. The fourth-order valence-corrected chi connectivity index (χ4v) is 2.59. The largest absolute Gasteiger partial charge is 0.492 e. The number of guanidine groups is 1. The number of hydrogen-bond donors (Lipinski definition) is 2. The molecule has 1 heterocycles. The van der Waals surface area contributed by atoms with E-state index in [0.29, 0.717) is 19.7 Å². The Morgan fingerprint density at radius 3 is 2.60 bits per heavy atom. The number of rotatable bonds is 6. The minimum atomic E-state index is 0.566. The molecule has 0 aliphatic rings. The van der Waals surface area contributed by atoms with Gasteiger partial charge in [-0.2, -0.15) is 0 Å². The van der Waals surface area contributed by atoms with Crippen LogP contribution >= 0.6 is 0 Å². The number of aliphatic imine (C=N–C) groups is 1. The van der Waals surface area contributed by atoms with Crippen LogP contribution in [0.2, 0.25) is 0 Å². The molecule has 0 radical (unpaired) electrons. The van der Waals surface area contributed by atoms with Crippen molar-refractivity contribution >= 4 is 17.0 Å². The minimum Gasteiger partial charge on any atom is -0.492 e. The fourth-order valence-electron chi connectivity index (χ4n) is 2.59. The summed E-state index contributed by atoms with van der Waals surface area (Å²) in [6.45, 7) is 1.83. The second-order valence-electron chi connectivity index (χ2n) is 5.59. The van der Waals surface area contributed by atoms with Gasteiger partial charge in [0.25, 0.3) is 0 Å².